The van der Waals surface area contributed by atoms with Gasteiger partial charge in [0.1, 0.15) is 5.70 Å². The van der Waals surface area contributed by atoms with Crippen molar-refractivity contribution < 1.29 is 24.0 Å². The highest BCUT2D eigenvalue weighted by molar-refractivity contribution is 8.00. The van der Waals surface area contributed by atoms with Crippen molar-refractivity contribution in [1.29, 1.82) is 0 Å². The number of rotatable bonds is 9. The van der Waals surface area contributed by atoms with Gasteiger partial charge in [-0.05, 0) is 72.3 Å². The van der Waals surface area contributed by atoms with Gasteiger partial charge in [0.15, 0.2) is 0 Å². The molecule has 10 heteroatoms. The third-order valence-corrected chi connectivity index (χ3v) is 7.78. The van der Waals surface area contributed by atoms with E-state index in [2.05, 4.69) is 16.0 Å². The number of thioether (sulfide) groups is 1. The molecule has 0 aromatic heterocycles. The molecule has 1 fully saturated rings. The van der Waals surface area contributed by atoms with Crippen LogP contribution in [-0.4, -0.2) is 34.8 Å². The van der Waals surface area contributed by atoms with Crippen molar-refractivity contribution in [1.82, 2.24) is 5.32 Å². The molecule has 0 saturated carbocycles. The molecule has 0 spiro atoms. The minimum absolute atomic E-state index is 0.0458. The van der Waals surface area contributed by atoms with E-state index >= 15 is 0 Å². The number of anilines is 3. The second kappa shape index (κ2) is 13.7. The molecule has 9 nitrogen and oxygen atoms in total. The summed E-state index contributed by atoms with van der Waals surface area (Å²) in [5.41, 5.74) is 2.73. The Labute approximate surface area is 258 Å². The van der Waals surface area contributed by atoms with Gasteiger partial charge in [-0.1, -0.05) is 48.5 Å². The molecule has 5 rings (SSSR count). The van der Waals surface area contributed by atoms with Gasteiger partial charge in [-0.2, -0.15) is 0 Å². The Morgan fingerprint density at radius 2 is 1.36 bits per heavy atom. The lowest BCUT2D eigenvalue weighted by atomic mass is 10.1. The molecule has 0 radical (unpaired) electrons. The molecule has 220 valence electrons. The minimum atomic E-state index is -0.605. The SMILES string of the molecule is CC(=O)Nc1ccc(N2C(=O)CC(Sc3ccc(NC(=O)/C(=C/c4ccccc4)NC(=O)c4ccccc4)cc3)C2=O)cc1. The molecule has 44 heavy (non-hydrogen) atoms. The first-order valence-corrected chi connectivity index (χ1v) is 14.6. The van der Waals surface area contributed by atoms with Gasteiger partial charge in [0, 0.05) is 35.2 Å². The summed E-state index contributed by atoms with van der Waals surface area (Å²) < 4.78 is 0. The summed E-state index contributed by atoms with van der Waals surface area (Å²) in [5.74, 6) is -1.76. The Bertz CT molecular complexity index is 1720. The number of hydrogen-bond donors (Lipinski definition) is 3. The largest absolute Gasteiger partial charge is 0.326 e. The Morgan fingerprint density at radius 3 is 2.00 bits per heavy atom. The van der Waals surface area contributed by atoms with Crippen molar-refractivity contribution in [3.8, 4) is 0 Å². The number of amides is 5. The molecule has 1 heterocycles. The fraction of sp³-hybridized carbons (Fsp3) is 0.0882. The van der Waals surface area contributed by atoms with Crippen molar-refractivity contribution >= 4 is 64.4 Å². The Balaban J connectivity index is 1.24. The van der Waals surface area contributed by atoms with Crippen LogP contribution in [0.4, 0.5) is 17.1 Å². The summed E-state index contributed by atoms with van der Waals surface area (Å²) in [7, 11) is 0. The van der Waals surface area contributed by atoms with Gasteiger partial charge >= 0.3 is 0 Å². The zero-order chi connectivity index (χ0) is 31.1. The van der Waals surface area contributed by atoms with Crippen molar-refractivity contribution in [2.75, 3.05) is 15.5 Å². The summed E-state index contributed by atoms with van der Waals surface area (Å²) in [6.45, 7) is 1.40. The maximum absolute atomic E-state index is 13.3. The van der Waals surface area contributed by atoms with Crippen LogP contribution < -0.4 is 20.9 Å². The van der Waals surface area contributed by atoms with Gasteiger partial charge in [-0.3, -0.25) is 24.0 Å². The van der Waals surface area contributed by atoms with Crippen LogP contribution in [0.3, 0.4) is 0 Å². The molecule has 1 saturated heterocycles. The summed E-state index contributed by atoms with van der Waals surface area (Å²) >= 11 is 1.26. The van der Waals surface area contributed by atoms with Crippen LogP contribution in [0, 0.1) is 0 Å². The second-order valence-electron chi connectivity index (χ2n) is 9.87. The zero-order valence-electron chi connectivity index (χ0n) is 23.7. The van der Waals surface area contributed by atoms with Crippen LogP contribution in [0.1, 0.15) is 29.3 Å². The number of carbonyl (C=O) groups excluding carboxylic acids is 5. The standard InChI is InChI=1S/C34H28N4O5S/c1-22(39)35-25-12-16-27(17-13-25)38-31(40)21-30(34(38)43)44-28-18-14-26(15-19-28)36-33(42)29(20-23-8-4-2-5-9-23)37-32(41)24-10-6-3-7-11-24/h2-20,30H,21H2,1H3,(H,35,39)(H,36,42)(H,37,41)/b29-20-. The average molecular weight is 605 g/mol. The topological polar surface area (TPSA) is 125 Å². The quantitative estimate of drug-likeness (QED) is 0.172. The van der Waals surface area contributed by atoms with Gasteiger partial charge in [0.2, 0.25) is 17.7 Å². The van der Waals surface area contributed by atoms with Crippen LogP contribution in [0.2, 0.25) is 0 Å². The Morgan fingerprint density at radius 1 is 0.773 bits per heavy atom. The molecule has 0 bridgehead atoms. The third kappa shape index (κ3) is 7.47. The first-order valence-electron chi connectivity index (χ1n) is 13.7. The molecular weight excluding hydrogens is 576 g/mol. The lowest BCUT2D eigenvalue weighted by Gasteiger charge is -2.15. The van der Waals surface area contributed by atoms with Crippen LogP contribution in [-0.2, 0) is 19.2 Å². The highest BCUT2D eigenvalue weighted by atomic mass is 32.2. The van der Waals surface area contributed by atoms with Gasteiger partial charge in [-0.25, -0.2) is 4.90 Å². The Kier molecular flexibility index (Phi) is 9.31. The predicted octanol–water partition coefficient (Wildman–Crippen LogP) is 5.48. The van der Waals surface area contributed by atoms with E-state index in [0.29, 0.717) is 22.6 Å². The van der Waals surface area contributed by atoms with Crippen LogP contribution >= 0.6 is 11.8 Å². The van der Waals surface area contributed by atoms with Crippen LogP contribution in [0.5, 0.6) is 0 Å². The normalized spacial score (nSPS) is 14.7. The third-order valence-electron chi connectivity index (χ3n) is 6.58. The van der Waals surface area contributed by atoms with E-state index in [1.54, 1.807) is 84.9 Å². The number of carbonyl (C=O) groups is 5. The van der Waals surface area contributed by atoms with Gasteiger partial charge < -0.3 is 16.0 Å². The average Bonchev–Trinajstić information content (AvgIpc) is 3.30. The zero-order valence-corrected chi connectivity index (χ0v) is 24.5. The van der Waals surface area contributed by atoms with E-state index in [1.165, 1.54) is 18.7 Å². The van der Waals surface area contributed by atoms with Gasteiger partial charge in [0.25, 0.3) is 11.8 Å². The van der Waals surface area contributed by atoms with Gasteiger partial charge in [0.05, 0.1) is 10.9 Å². The van der Waals surface area contributed by atoms with Crippen molar-refractivity contribution in [2.45, 2.75) is 23.5 Å². The number of hydrogen-bond acceptors (Lipinski definition) is 6. The number of nitrogens with one attached hydrogen (secondary N) is 3. The molecule has 1 aliphatic heterocycles. The van der Waals surface area contributed by atoms with Crippen molar-refractivity contribution in [3.05, 3.63) is 126 Å². The summed E-state index contributed by atoms with van der Waals surface area (Å²) in [5, 5.41) is 7.58. The van der Waals surface area contributed by atoms with Crippen molar-refractivity contribution in [2.24, 2.45) is 0 Å². The second-order valence-corrected chi connectivity index (χ2v) is 11.1. The van der Waals surface area contributed by atoms with Crippen LogP contribution in [0.25, 0.3) is 6.08 Å². The molecule has 3 N–H and O–H groups in total. The minimum Gasteiger partial charge on any atom is -0.326 e. The Hall–Kier alpha value is -5.48. The van der Waals surface area contributed by atoms with E-state index < -0.39 is 17.1 Å². The lowest BCUT2D eigenvalue weighted by molar-refractivity contribution is -0.121. The monoisotopic (exact) mass is 604 g/mol. The number of imide groups is 1. The van der Waals surface area contributed by atoms with Crippen LogP contribution in [0.15, 0.2) is 120 Å². The fourth-order valence-electron chi connectivity index (χ4n) is 4.50. The van der Waals surface area contributed by atoms with E-state index in [4.69, 9.17) is 0 Å². The maximum atomic E-state index is 13.3. The molecule has 1 aliphatic rings. The van der Waals surface area contributed by atoms with E-state index in [1.807, 2.05) is 30.3 Å². The summed E-state index contributed by atoms with van der Waals surface area (Å²) in [6, 6.07) is 31.2. The summed E-state index contributed by atoms with van der Waals surface area (Å²) in [6.07, 6.45) is 1.65. The molecular formula is C34H28N4O5S. The van der Waals surface area contributed by atoms with Crippen molar-refractivity contribution in [3.63, 3.8) is 0 Å². The van der Waals surface area contributed by atoms with E-state index in [-0.39, 0.29) is 29.8 Å². The van der Waals surface area contributed by atoms with E-state index in [0.717, 1.165) is 15.4 Å². The smallest absolute Gasteiger partial charge is 0.272 e. The lowest BCUT2D eigenvalue weighted by Crippen LogP contribution is -2.31. The molecule has 5 amide bonds. The predicted molar refractivity (Wildman–Crippen MR) is 171 cm³/mol. The molecule has 4 aromatic rings. The first kappa shape index (κ1) is 30.0. The van der Waals surface area contributed by atoms with Gasteiger partial charge in [-0.15, -0.1) is 11.8 Å². The molecule has 1 unspecified atom stereocenters. The highest BCUT2D eigenvalue weighted by Gasteiger charge is 2.40. The fourth-order valence-corrected chi connectivity index (χ4v) is 5.56. The maximum Gasteiger partial charge on any atom is 0.272 e. The number of benzene rings is 4. The first-order chi connectivity index (χ1) is 21.3. The van der Waals surface area contributed by atoms with E-state index in [9.17, 15) is 24.0 Å². The number of nitrogens with zero attached hydrogens (tertiary/aromatic N) is 1. The molecule has 0 aliphatic carbocycles. The summed E-state index contributed by atoms with van der Waals surface area (Å²) in [4.78, 5) is 65.1. The highest BCUT2D eigenvalue weighted by Crippen LogP contribution is 2.34. The molecule has 4 aromatic carbocycles. The molecule has 1 atom stereocenters.